The molecule has 1 aromatic heterocycles. The zero-order valence-corrected chi connectivity index (χ0v) is 19.5. The average Bonchev–Trinajstić information content (AvgIpc) is 3.18. The Labute approximate surface area is 184 Å². The third-order valence-corrected chi connectivity index (χ3v) is 6.95. The maximum atomic E-state index is 13.3. The minimum Gasteiger partial charge on any atom is -0.377 e. The zero-order valence-electron chi connectivity index (χ0n) is 18.6. The summed E-state index contributed by atoms with van der Waals surface area (Å²) in [5.41, 5.74) is 2.88. The number of hydrogen-bond acceptors (Lipinski definition) is 4. The summed E-state index contributed by atoms with van der Waals surface area (Å²) in [6, 6.07) is 9.88. The molecule has 2 amide bonds. The number of nitrogens with zero attached hydrogens (tertiary/aromatic N) is 2. The number of amides is 2. The van der Waals surface area contributed by atoms with Gasteiger partial charge in [-0.2, -0.15) is 0 Å². The van der Waals surface area contributed by atoms with E-state index in [0.29, 0.717) is 12.5 Å². The molecule has 2 aromatic rings. The van der Waals surface area contributed by atoms with Crippen molar-refractivity contribution in [2.45, 2.75) is 52.6 Å². The van der Waals surface area contributed by atoms with Crippen molar-refractivity contribution in [3.05, 3.63) is 46.2 Å². The fraction of sp³-hybridized carbons (Fsp3) is 0.500. The molecule has 1 N–H and O–H groups in total. The van der Waals surface area contributed by atoms with Gasteiger partial charge < -0.3 is 15.1 Å². The Balaban J connectivity index is 1.90. The lowest BCUT2D eigenvalue weighted by atomic mass is 9.85. The number of carbonyl (C=O) groups excluding carboxylic acids is 2. The Kier molecular flexibility index (Phi) is 7.19. The van der Waals surface area contributed by atoms with Crippen LogP contribution < -0.4 is 10.2 Å². The van der Waals surface area contributed by atoms with E-state index >= 15 is 0 Å². The second-order valence-corrected chi connectivity index (χ2v) is 9.70. The van der Waals surface area contributed by atoms with Crippen LogP contribution in [-0.4, -0.2) is 36.9 Å². The molecule has 1 saturated carbocycles. The molecule has 1 atom stereocenters. The molecule has 1 aromatic carbocycles. The largest absolute Gasteiger partial charge is 0.377 e. The van der Waals surface area contributed by atoms with E-state index in [0.717, 1.165) is 41.1 Å². The summed E-state index contributed by atoms with van der Waals surface area (Å²) < 4.78 is 0. The van der Waals surface area contributed by atoms with Gasteiger partial charge in [0.25, 0.3) is 5.91 Å². The summed E-state index contributed by atoms with van der Waals surface area (Å²) in [6.07, 6.45) is 3.09. The van der Waals surface area contributed by atoms with E-state index in [-0.39, 0.29) is 23.8 Å². The lowest BCUT2D eigenvalue weighted by Crippen LogP contribution is -2.41. The van der Waals surface area contributed by atoms with E-state index < -0.39 is 0 Å². The fourth-order valence-electron chi connectivity index (χ4n) is 3.63. The van der Waals surface area contributed by atoms with Crippen LogP contribution in [0, 0.1) is 11.8 Å². The minimum atomic E-state index is 0.0554. The average molecular weight is 428 g/mol. The number of benzene rings is 1. The quantitative estimate of drug-likeness (QED) is 0.627. The van der Waals surface area contributed by atoms with Crippen molar-refractivity contribution >= 4 is 34.5 Å². The standard InChI is InChI=1S/C24H33N3O2S/c1-16(2)17(3)27(24(29)22-10-7-13-30-22)15-19-14-20(11-12-21(19)26(4)5)25-23(28)18-8-6-9-18/h7,10-14,16-18H,6,8-9,15H2,1-5H3,(H,25,28)/t17-/m0/s1. The normalized spacial score (nSPS) is 14.9. The van der Waals surface area contributed by atoms with Crippen LogP contribution in [-0.2, 0) is 11.3 Å². The van der Waals surface area contributed by atoms with Gasteiger partial charge in [0, 0.05) is 44.0 Å². The van der Waals surface area contributed by atoms with Gasteiger partial charge in [-0.15, -0.1) is 11.3 Å². The topological polar surface area (TPSA) is 52.7 Å². The van der Waals surface area contributed by atoms with E-state index in [4.69, 9.17) is 0 Å². The van der Waals surface area contributed by atoms with Gasteiger partial charge in [0.1, 0.15) is 0 Å². The predicted octanol–water partition coefficient (Wildman–Crippen LogP) is 5.24. The predicted molar refractivity (Wildman–Crippen MR) is 125 cm³/mol. The van der Waals surface area contributed by atoms with Crippen molar-refractivity contribution in [2.75, 3.05) is 24.3 Å². The van der Waals surface area contributed by atoms with Crippen molar-refractivity contribution < 1.29 is 9.59 Å². The summed E-state index contributed by atoms with van der Waals surface area (Å²) in [7, 11) is 4.01. The molecule has 6 heteroatoms. The number of hydrogen-bond donors (Lipinski definition) is 1. The first-order valence-electron chi connectivity index (χ1n) is 10.7. The van der Waals surface area contributed by atoms with Crippen LogP contribution in [0.1, 0.15) is 55.3 Å². The zero-order chi connectivity index (χ0) is 21.8. The maximum absolute atomic E-state index is 13.3. The maximum Gasteiger partial charge on any atom is 0.264 e. The second kappa shape index (κ2) is 9.65. The third-order valence-electron chi connectivity index (χ3n) is 6.09. The van der Waals surface area contributed by atoms with Crippen molar-refractivity contribution in [3.63, 3.8) is 0 Å². The molecular formula is C24H33N3O2S. The highest BCUT2D eigenvalue weighted by atomic mass is 32.1. The van der Waals surface area contributed by atoms with Crippen molar-refractivity contribution in [1.29, 1.82) is 0 Å². The molecule has 0 aliphatic heterocycles. The number of rotatable bonds is 8. The Hall–Kier alpha value is -2.34. The van der Waals surface area contributed by atoms with Gasteiger partial charge in [-0.3, -0.25) is 9.59 Å². The van der Waals surface area contributed by atoms with E-state index in [1.807, 2.05) is 54.7 Å². The van der Waals surface area contributed by atoms with Crippen LogP contribution in [0.15, 0.2) is 35.7 Å². The summed E-state index contributed by atoms with van der Waals surface area (Å²) in [5.74, 6) is 0.629. The van der Waals surface area contributed by atoms with Crippen LogP contribution in [0.25, 0.3) is 0 Å². The molecule has 30 heavy (non-hydrogen) atoms. The van der Waals surface area contributed by atoms with E-state index in [1.165, 1.54) is 11.3 Å². The number of anilines is 2. The molecule has 0 spiro atoms. The highest BCUT2D eigenvalue weighted by molar-refractivity contribution is 7.12. The number of nitrogens with one attached hydrogen (secondary N) is 1. The van der Waals surface area contributed by atoms with Crippen molar-refractivity contribution in [3.8, 4) is 0 Å². The molecule has 0 unspecified atom stereocenters. The van der Waals surface area contributed by atoms with Crippen LogP contribution >= 0.6 is 11.3 Å². The summed E-state index contributed by atoms with van der Waals surface area (Å²) in [5, 5.41) is 5.01. The van der Waals surface area contributed by atoms with Crippen LogP contribution in [0.2, 0.25) is 0 Å². The first-order chi connectivity index (χ1) is 14.3. The van der Waals surface area contributed by atoms with Crippen LogP contribution in [0.5, 0.6) is 0 Å². The minimum absolute atomic E-state index is 0.0554. The van der Waals surface area contributed by atoms with Crippen LogP contribution in [0.3, 0.4) is 0 Å². The Morgan fingerprint density at radius 1 is 1.17 bits per heavy atom. The highest BCUT2D eigenvalue weighted by Crippen LogP contribution is 2.30. The summed E-state index contributed by atoms with van der Waals surface area (Å²) >= 11 is 1.47. The molecule has 0 bridgehead atoms. The number of carbonyl (C=O) groups is 2. The van der Waals surface area contributed by atoms with Gasteiger partial charge >= 0.3 is 0 Å². The third kappa shape index (κ3) is 5.04. The first-order valence-corrected chi connectivity index (χ1v) is 11.6. The van der Waals surface area contributed by atoms with E-state index in [2.05, 4.69) is 31.0 Å². The molecule has 1 fully saturated rings. The van der Waals surface area contributed by atoms with Gasteiger partial charge in [-0.05, 0) is 60.9 Å². The summed E-state index contributed by atoms with van der Waals surface area (Å²) in [6.45, 7) is 6.88. The van der Waals surface area contributed by atoms with E-state index in [9.17, 15) is 9.59 Å². The number of thiophene rings is 1. The van der Waals surface area contributed by atoms with Gasteiger partial charge in [0.05, 0.1) is 4.88 Å². The van der Waals surface area contributed by atoms with Crippen molar-refractivity contribution in [1.82, 2.24) is 4.90 Å². The van der Waals surface area contributed by atoms with Gasteiger partial charge in [-0.1, -0.05) is 26.3 Å². The molecule has 1 heterocycles. The smallest absolute Gasteiger partial charge is 0.264 e. The Morgan fingerprint density at radius 2 is 1.90 bits per heavy atom. The fourth-order valence-corrected chi connectivity index (χ4v) is 4.31. The lowest BCUT2D eigenvalue weighted by Gasteiger charge is -2.33. The molecule has 3 rings (SSSR count). The SMILES string of the molecule is CC(C)[C@H](C)N(Cc1cc(NC(=O)C2CCC2)ccc1N(C)C)C(=O)c1cccs1. The Morgan fingerprint density at radius 3 is 2.43 bits per heavy atom. The first kappa shape index (κ1) is 22.3. The molecule has 0 radical (unpaired) electrons. The highest BCUT2D eigenvalue weighted by Gasteiger charge is 2.27. The lowest BCUT2D eigenvalue weighted by molar-refractivity contribution is -0.122. The van der Waals surface area contributed by atoms with E-state index in [1.54, 1.807) is 0 Å². The molecule has 1 aliphatic carbocycles. The summed E-state index contributed by atoms with van der Waals surface area (Å²) in [4.78, 5) is 30.5. The van der Waals surface area contributed by atoms with Gasteiger partial charge in [0.15, 0.2) is 0 Å². The molecular weight excluding hydrogens is 394 g/mol. The van der Waals surface area contributed by atoms with Gasteiger partial charge in [-0.25, -0.2) is 0 Å². The second-order valence-electron chi connectivity index (χ2n) is 8.75. The monoisotopic (exact) mass is 427 g/mol. The molecule has 162 valence electrons. The molecule has 1 aliphatic rings. The van der Waals surface area contributed by atoms with Gasteiger partial charge in [0.2, 0.25) is 5.91 Å². The molecule has 0 saturated heterocycles. The van der Waals surface area contributed by atoms with Crippen LogP contribution in [0.4, 0.5) is 11.4 Å². The van der Waals surface area contributed by atoms with Crippen molar-refractivity contribution in [2.24, 2.45) is 11.8 Å². The Bertz CT molecular complexity index is 873. The molecule has 5 nitrogen and oxygen atoms in total.